The highest BCUT2D eigenvalue weighted by atomic mass is 19.1. The van der Waals surface area contributed by atoms with Crippen molar-refractivity contribution >= 4 is 23.2 Å². The van der Waals surface area contributed by atoms with E-state index in [2.05, 4.69) is 10.6 Å². The van der Waals surface area contributed by atoms with E-state index in [9.17, 15) is 14.0 Å². The maximum absolute atomic E-state index is 13.4. The van der Waals surface area contributed by atoms with Crippen molar-refractivity contribution in [2.24, 2.45) is 0 Å². The minimum atomic E-state index is -0.510. The number of hydrogen-bond acceptors (Lipinski definition) is 4. The predicted octanol–water partition coefficient (Wildman–Crippen LogP) is 4.72. The van der Waals surface area contributed by atoms with Crippen LogP contribution >= 0.6 is 0 Å². The zero-order valence-electron chi connectivity index (χ0n) is 17.5. The maximum Gasteiger partial charge on any atom is 0.262 e. The van der Waals surface area contributed by atoms with E-state index >= 15 is 0 Å². The Hall–Kier alpha value is -3.87. The van der Waals surface area contributed by atoms with Gasteiger partial charge in [-0.15, -0.1) is 0 Å². The fourth-order valence-electron chi connectivity index (χ4n) is 3.01. The fourth-order valence-corrected chi connectivity index (χ4v) is 3.01. The Morgan fingerprint density at radius 3 is 2.42 bits per heavy atom. The van der Waals surface area contributed by atoms with Crippen LogP contribution in [0, 0.1) is 19.7 Å². The molecule has 0 unspecified atom stereocenters. The van der Waals surface area contributed by atoms with E-state index in [0.717, 1.165) is 17.2 Å². The number of hydrogen-bond donors (Lipinski definition) is 2. The third kappa shape index (κ3) is 5.82. The van der Waals surface area contributed by atoms with Crippen molar-refractivity contribution < 1.29 is 23.5 Å². The van der Waals surface area contributed by atoms with Gasteiger partial charge in [0.25, 0.3) is 11.8 Å². The largest absolute Gasteiger partial charge is 0.495 e. The molecule has 0 bridgehead atoms. The molecule has 3 rings (SSSR count). The highest BCUT2D eigenvalue weighted by Crippen LogP contribution is 2.28. The molecular weight excluding hydrogens is 399 g/mol. The van der Waals surface area contributed by atoms with E-state index in [1.54, 1.807) is 18.2 Å². The number of carbonyl (C=O) groups excluding carboxylic acids is 2. The van der Waals surface area contributed by atoms with Crippen LogP contribution in [0.2, 0.25) is 0 Å². The summed E-state index contributed by atoms with van der Waals surface area (Å²) in [6.45, 7) is 3.73. The van der Waals surface area contributed by atoms with E-state index < -0.39 is 11.7 Å². The molecule has 0 atom stereocenters. The lowest BCUT2D eigenvalue weighted by molar-refractivity contribution is -0.118. The van der Waals surface area contributed by atoms with Crippen LogP contribution in [0.4, 0.5) is 15.8 Å². The van der Waals surface area contributed by atoms with Crippen molar-refractivity contribution in [2.45, 2.75) is 13.8 Å². The van der Waals surface area contributed by atoms with Crippen molar-refractivity contribution in [3.8, 4) is 11.5 Å². The Labute approximate surface area is 180 Å². The molecule has 0 aliphatic carbocycles. The van der Waals surface area contributed by atoms with Gasteiger partial charge in [-0.25, -0.2) is 4.39 Å². The Balaban J connectivity index is 1.67. The smallest absolute Gasteiger partial charge is 0.262 e. The molecule has 0 radical (unpaired) electrons. The van der Waals surface area contributed by atoms with Crippen LogP contribution in [0.5, 0.6) is 11.5 Å². The number of amides is 2. The number of nitrogens with one attached hydrogen (secondary N) is 2. The lowest BCUT2D eigenvalue weighted by Crippen LogP contribution is -2.20. The zero-order chi connectivity index (χ0) is 22.4. The number of carbonyl (C=O) groups is 2. The fraction of sp³-hybridized carbons (Fsp3) is 0.167. The molecule has 0 saturated carbocycles. The molecule has 0 heterocycles. The summed E-state index contributed by atoms with van der Waals surface area (Å²) in [4.78, 5) is 24.8. The summed E-state index contributed by atoms with van der Waals surface area (Å²) >= 11 is 0. The van der Waals surface area contributed by atoms with Crippen LogP contribution in [0.15, 0.2) is 60.7 Å². The first-order valence-electron chi connectivity index (χ1n) is 9.60. The summed E-state index contributed by atoms with van der Waals surface area (Å²) < 4.78 is 24.3. The van der Waals surface area contributed by atoms with E-state index in [1.807, 2.05) is 32.0 Å². The Bertz CT molecular complexity index is 1110. The second-order valence-electron chi connectivity index (χ2n) is 6.99. The average Bonchev–Trinajstić information content (AvgIpc) is 2.73. The van der Waals surface area contributed by atoms with Crippen LogP contribution < -0.4 is 20.1 Å². The summed E-state index contributed by atoms with van der Waals surface area (Å²) in [7, 11) is 1.46. The van der Waals surface area contributed by atoms with Gasteiger partial charge in [-0.05, 0) is 61.9 Å². The van der Waals surface area contributed by atoms with Crippen LogP contribution in [0.1, 0.15) is 21.5 Å². The van der Waals surface area contributed by atoms with E-state index in [-0.39, 0.29) is 18.1 Å². The molecule has 0 aliphatic rings. The SMILES string of the molecule is COc1ccc(NC(=O)COc2ccc(C)cc2C)cc1NC(=O)c1cccc(F)c1. The number of aryl methyl sites for hydroxylation is 2. The average molecular weight is 422 g/mol. The molecule has 3 aromatic rings. The molecule has 2 amide bonds. The van der Waals surface area contributed by atoms with Crippen molar-refractivity contribution in [3.63, 3.8) is 0 Å². The first-order valence-corrected chi connectivity index (χ1v) is 9.60. The van der Waals surface area contributed by atoms with Gasteiger partial charge in [0.15, 0.2) is 6.61 Å². The number of benzene rings is 3. The zero-order valence-corrected chi connectivity index (χ0v) is 17.5. The lowest BCUT2D eigenvalue weighted by Gasteiger charge is -2.14. The van der Waals surface area contributed by atoms with Crippen molar-refractivity contribution in [3.05, 3.63) is 83.2 Å². The van der Waals surface area contributed by atoms with Crippen molar-refractivity contribution in [1.29, 1.82) is 0 Å². The number of rotatable bonds is 7. The van der Waals surface area contributed by atoms with Crippen LogP contribution in [0.25, 0.3) is 0 Å². The van der Waals surface area contributed by atoms with Crippen LogP contribution in [0.3, 0.4) is 0 Å². The molecule has 160 valence electrons. The minimum absolute atomic E-state index is 0.165. The highest BCUT2D eigenvalue weighted by Gasteiger charge is 2.13. The monoisotopic (exact) mass is 422 g/mol. The number of halogens is 1. The first kappa shape index (κ1) is 21.8. The molecule has 0 spiro atoms. The Morgan fingerprint density at radius 1 is 0.935 bits per heavy atom. The first-order chi connectivity index (χ1) is 14.9. The van der Waals surface area contributed by atoms with Gasteiger partial charge in [0.2, 0.25) is 0 Å². The van der Waals surface area contributed by atoms with Gasteiger partial charge in [-0.3, -0.25) is 9.59 Å². The van der Waals surface area contributed by atoms with Crippen molar-refractivity contribution in [1.82, 2.24) is 0 Å². The molecule has 2 N–H and O–H groups in total. The molecular formula is C24H23FN2O4. The molecule has 7 heteroatoms. The Morgan fingerprint density at radius 2 is 1.71 bits per heavy atom. The number of anilines is 2. The molecule has 3 aromatic carbocycles. The molecule has 0 aromatic heterocycles. The highest BCUT2D eigenvalue weighted by molar-refractivity contribution is 6.05. The number of ether oxygens (including phenoxy) is 2. The summed E-state index contributed by atoms with van der Waals surface area (Å²) in [5.74, 6) is -0.329. The quantitative estimate of drug-likeness (QED) is 0.578. The predicted molar refractivity (Wildman–Crippen MR) is 117 cm³/mol. The topological polar surface area (TPSA) is 76.7 Å². The summed E-state index contributed by atoms with van der Waals surface area (Å²) in [6, 6.07) is 15.9. The second kappa shape index (κ2) is 9.75. The number of methoxy groups -OCH3 is 1. The van der Waals surface area contributed by atoms with Gasteiger partial charge >= 0.3 is 0 Å². The Kier molecular flexibility index (Phi) is 6.87. The van der Waals surface area contributed by atoms with E-state index in [4.69, 9.17) is 9.47 Å². The molecule has 31 heavy (non-hydrogen) atoms. The van der Waals surface area contributed by atoms with Crippen molar-refractivity contribution in [2.75, 3.05) is 24.4 Å². The van der Waals surface area contributed by atoms with Gasteiger partial charge in [0, 0.05) is 11.3 Å². The van der Waals surface area contributed by atoms with E-state index in [1.165, 1.54) is 25.3 Å². The summed E-state index contributed by atoms with van der Waals surface area (Å²) in [5, 5.41) is 5.40. The van der Waals surface area contributed by atoms with Gasteiger partial charge in [0.05, 0.1) is 12.8 Å². The van der Waals surface area contributed by atoms with Gasteiger partial charge in [-0.2, -0.15) is 0 Å². The van der Waals surface area contributed by atoms with Gasteiger partial charge in [-0.1, -0.05) is 23.8 Å². The minimum Gasteiger partial charge on any atom is -0.495 e. The van der Waals surface area contributed by atoms with Gasteiger partial charge in [0.1, 0.15) is 17.3 Å². The normalized spacial score (nSPS) is 10.3. The summed E-state index contributed by atoms with van der Waals surface area (Å²) in [5.41, 5.74) is 3.01. The molecule has 6 nitrogen and oxygen atoms in total. The molecule has 0 fully saturated rings. The van der Waals surface area contributed by atoms with Gasteiger partial charge < -0.3 is 20.1 Å². The van der Waals surface area contributed by atoms with Crippen LogP contribution in [-0.4, -0.2) is 25.5 Å². The standard InChI is InChI=1S/C24H23FN2O4/c1-15-7-9-21(16(2)11-15)31-14-23(28)26-19-8-10-22(30-3)20(13-19)27-24(29)17-5-4-6-18(25)12-17/h4-13H,14H2,1-3H3,(H,26,28)(H,27,29). The maximum atomic E-state index is 13.4. The van der Waals surface area contributed by atoms with Crippen LogP contribution in [-0.2, 0) is 4.79 Å². The third-order valence-corrected chi connectivity index (χ3v) is 4.51. The molecule has 0 saturated heterocycles. The summed E-state index contributed by atoms with van der Waals surface area (Å²) in [6.07, 6.45) is 0. The molecule has 0 aliphatic heterocycles. The second-order valence-corrected chi connectivity index (χ2v) is 6.99. The third-order valence-electron chi connectivity index (χ3n) is 4.51. The lowest BCUT2D eigenvalue weighted by atomic mass is 10.1. The van der Waals surface area contributed by atoms with E-state index in [0.29, 0.717) is 22.9 Å².